The van der Waals surface area contributed by atoms with Gasteiger partial charge in [0.25, 0.3) is 0 Å². The average molecular weight is 267 g/mol. The summed E-state index contributed by atoms with van der Waals surface area (Å²) in [5.41, 5.74) is 0. The number of carboxylic acid groups (broad SMARTS) is 1. The number of esters is 1. The van der Waals surface area contributed by atoms with Gasteiger partial charge in [0.2, 0.25) is 5.91 Å². The van der Waals surface area contributed by atoms with E-state index in [9.17, 15) is 14.4 Å². The van der Waals surface area contributed by atoms with Crippen LogP contribution >= 0.6 is 22.5 Å². The van der Waals surface area contributed by atoms with Crippen molar-refractivity contribution in [3.63, 3.8) is 0 Å². The number of hydrogen-bond donors (Lipinski definition) is 3. The first-order valence-electron chi connectivity index (χ1n) is 4.35. The topological polar surface area (TPSA) is 92.7 Å². The van der Waals surface area contributed by atoms with Crippen molar-refractivity contribution in [1.82, 2.24) is 5.32 Å². The van der Waals surface area contributed by atoms with Crippen molar-refractivity contribution >= 4 is 40.3 Å². The number of ether oxygens (including phenoxy) is 1. The van der Waals surface area contributed by atoms with E-state index in [4.69, 9.17) is 5.11 Å². The summed E-state index contributed by atoms with van der Waals surface area (Å²) >= 11 is 3.85. The van der Waals surface area contributed by atoms with Gasteiger partial charge in [0.1, 0.15) is 6.04 Å². The molecule has 0 spiro atoms. The fourth-order valence-corrected chi connectivity index (χ4v) is 1.61. The Labute approximate surface area is 102 Å². The van der Waals surface area contributed by atoms with Gasteiger partial charge in [0.05, 0.1) is 0 Å². The lowest BCUT2D eigenvalue weighted by Crippen LogP contribution is -2.44. The Kier molecular flexibility index (Phi) is 6.98. The molecule has 0 saturated carbocycles. The van der Waals surface area contributed by atoms with Crippen molar-refractivity contribution in [1.29, 1.82) is 0 Å². The lowest BCUT2D eigenvalue weighted by Gasteiger charge is -2.17. The second kappa shape index (κ2) is 7.39. The van der Waals surface area contributed by atoms with E-state index < -0.39 is 30.0 Å². The van der Waals surface area contributed by atoms with Gasteiger partial charge in [-0.05, 0) is 6.92 Å². The normalized spacial score (nSPS) is 13.7. The molecule has 2 N–H and O–H groups in total. The molecule has 1 amide bonds. The third kappa shape index (κ3) is 5.86. The van der Waals surface area contributed by atoms with E-state index in [1.807, 2.05) is 0 Å². The van der Waals surface area contributed by atoms with Gasteiger partial charge in [-0.15, -0.1) is 11.7 Å². The van der Waals surface area contributed by atoms with E-state index in [-0.39, 0.29) is 5.75 Å². The maximum atomic E-state index is 11.4. The summed E-state index contributed by atoms with van der Waals surface area (Å²) in [6.07, 6.45) is -1.24. The molecule has 6 nitrogen and oxygen atoms in total. The Morgan fingerprint density at radius 3 is 2.44 bits per heavy atom. The van der Waals surface area contributed by atoms with E-state index in [1.165, 1.54) is 13.8 Å². The van der Waals surface area contributed by atoms with Gasteiger partial charge >= 0.3 is 11.9 Å². The molecule has 2 unspecified atom stereocenters. The Morgan fingerprint density at radius 2 is 2.06 bits per heavy atom. The number of aliphatic carboxylic acids is 1. The standard InChI is InChI=1S/C8H13NO5S2/c1-4(7(11)12)14-8(13)6(3-16-15)9-5(2)10/h4,6,15H,3H2,1-2H3,(H,9,10)(H,11,12). The van der Waals surface area contributed by atoms with Crippen molar-refractivity contribution < 1.29 is 24.2 Å². The summed E-state index contributed by atoms with van der Waals surface area (Å²) in [6, 6.07) is -0.887. The molecule has 0 radical (unpaired) electrons. The minimum Gasteiger partial charge on any atom is -0.479 e. The van der Waals surface area contributed by atoms with E-state index in [2.05, 4.69) is 21.7 Å². The molecule has 0 aliphatic carbocycles. The first-order chi connectivity index (χ1) is 7.38. The van der Waals surface area contributed by atoms with Crippen LogP contribution in [0.4, 0.5) is 0 Å². The summed E-state index contributed by atoms with van der Waals surface area (Å²) in [5, 5.41) is 10.9. The number of carbonyl (C=O) groups is 3. The third-order valence-electron chi connectivity index (χ3n) is 1.54. The maximum Gasteiger partial charge on any atom is 0.344 e. The van der Waals surface area contributed by atoms with E-state index >= 15 is 0 Å². The Morgan fingerprint density at radius 1 is 1.50 bits per heavy atom. The van der Waals surface area contributed by atoms with Crippen LogP contribution in [0.1, 0.15) is 13.8 Å². The molecule has 0 bridgehead atoms. The van der Waals surface area contributed by atoms with Crippen LogP contribution in [0.3, 0.4) is 0 Å². The molecule has 0 fully saturated rings. The molecule has 92 valence electrons. The van der Waals surface area contributed by atoms with Crippen LogP contribution in [0.25, 0.3) is 0 Å². The fourth-order valence-electron chi connectivity index (χ4n) is 0.795. The fraction of sp³-hybridized carbons (Fsp3) is 0.625. The van der Waals surface area contributed by atoms with Gasteiger partial charge in [-0.3, -0.25) is 4.79 Å². The molecular weight excluding hydrogens is 254 g/mol. The smallest absolute Gasteiger partial charge is 0.344 e. The van der Waals surface area contributed by atoms with Crippen LogP contribution in [-0.2, 0) is 19.1 Å². The second-order valence-electron chi connectivity index (χ2n) is 2.97. The Hall–Kier alpha value is -0.890. The Bertz CT molecular complexity index is 284. The molecule has 0 aromatic rings. The van der Waals surface area contributed by atoms with Crippen LogP contribution in [0.15, 0.2) is 0 Å². The highest BCUT2D eigenvalue weighted by atomic mass is 33.1. The number of nitrogens with one attached hydrogen (secondary N) is 1. The van der Waals surface area contributed by atoms with Gasteiger partial charge < -0.3 is 15.2 Å². The van der Waals surface area contributed by atoms with Crippen molar-refractivity contribution in [3.8, 4) is 0 Å². The molecular formula is C8H13NO5S2. The Balaban J connectivity index is 4.37. The molecule has 8 heteroatoms. The number of carboxylic acids is 1. The molecule has 0 rings (SSSR count). The summed E-state index contributed by atoms with van der Waals surface area (Å²) in [6.45, 7) is 2.49. The van der Waals surface area contributed by atoms with Crippen molar-refractivity contribution in [2.45, 2.75) is 26.0 Å². The van der Waals surface area contributed by atoms with Crippen LogP contribution in [-0.4, -0.2) is 40.9 Å². The van der Waals surface area contributed by atoms with Gasteiger partial charge in [0, 0.05) is 12.7 Å². The summed E-state index contributed by atoms with van der Waals surface area (Å²) in [7, 11) is 1.05. The third-order valence-corrected chi connectivity index (χ3v) is 2.47. The van der Waals surface area contributed by atoms with E-state index in [0.29, 0.717) is 0 Å². The second-order valence-corrected chi connectivity index (χ2v) is 4.33. The first-order valence-corrected chi connectivity index (χ1v) is 6.39. The quantitative estimate of drug-likeness (QED) is 0.359. The minimum atomic E-state index is -1.24. The zero-order valence-corrected chi connectivity index (χ0v) is 10.5. The van der Waals surface area contributed by atoms with Gasteiger partial charge in [-0.25, -0.2) is 9.59 Å². The predicted molar refractivity (Wildman–Crippen MR) is 62.2 cm³/mol. The van der Waals surface area contributed by atoms with Crippen LogP contribution in [0, 0.1) is 0 Å². The van der Waals surface area contributed by atoms with Crippen molar-refractivity contribution in [2.24, 2.45) is 0 Å². The summed E-state index contributed by atoms with van der Waals surface area (Å²) < 4.78 is 4.63. The van der Waals surface area contributed by atoms with Crippen LogP contribution in [0.5, 0.6) is 0 Å². The number of thiol groups is 1. The molecule has 0 aliphatic heterocycles. The van der Waals surface area contributed by atoms with Crippen LogP contribution in [0.2, 0.25) is 0 Å². The predicted octanol–water partition coefficient (Wildman–Crippen LogP) is 0.0854. The highest BCUT2D eigenvalue weighted by Gasteiger charge is 2.25. The number of rotatable bonds is 6. The number of hydrogen-bond acceptors (Lipinski definition) is 6. The van der Waals surface area contributed by atoms with E-state index in [0.717, 1.165) is 10.8 Å². The first kappa shape index (κ1) is 15.1. The molecule has 0 heterocycles. The molecule has 0 aromatic carbocycles. The van der Waals surface area contributed by atoms with Crippen LogP contribution < -0.4 is 5.32 Å². The number of amides is 1. The molecule has 0 aliphatic rings. The SMILES string of the molecule is CC(=O)NC(CSS)C(=O)OC(C)C(=O)O. The van der Waals surface area contributed by atoms with Gasteiger partial charge in [0.15, 0.2) is 6.10 Å². The minimum absolute atomic E-state index is 0.202. The molecule has 16 heavy (non-hydrogen) atoms. The lowest BCUT2D eigenvalue weighted by molar-refractivity contribution is -0.164. The zero-order valence-electron chi connectivity index (χ0n) is 8.80. The molecule has 0 saturated heterocycles. The van der Waals surface area contributed by atoms with Crippen molar-refractivity contribution in [2.75, 3.05) is 5.75 Å². The highest BCUT2D eigenvalue weighted by Crippen LogP contribution is 2.09. The molecule has 0 aromatic heterocycles. The number of carbonyl (C=O) groups excluding carboxylic acids is 2. The highest BCUT2D eigenvalue weighted by molar-refractivity contribution is 8.68. The monoisotopic (exact) mass is 267 g/mol. The van der Waals surface area contributed by atoms with Gasteiger partial charge in [-0.2, -0.15) is 0 Å². The van der Waals surface area contributed by atoms with Crippen molar-refractivity contribution in [3.05, 3.63) is 0 Å². The maximum absolute atomic E-state index is 11.4. The lowest BCUT2D eigenvalue weighted by atomic mass is 10.3. The van der Waals surface area contributed by atoms with E-state index in [1.54, 1.807) is 0 Å². The summed E-state index contributed by atoms with van der Waals surface area (Å²) in [4.78, 5) is 32.7. The molecule has 2 atom stereocenters. The summed E-state index contributed by atoms with van der Waals surface area (Å²) in [5.74, 6) is -2.22. The van der Waals surface area contributed by atoms with Gasteiger partial charge in [-0.1, -0.05) is 10.8 Å². The average Bonchev–Trinajstić information content (AvgIpc) is 2.16. The largest absolute Gasteiger partial charge is 0.479 e. The zero-order chi connectivity index (χ0) is 12.7.